The maximum Gasteiger partial charge on any atom is 0.217 e. The van der Waals surface area contributed by atoms with Gasteiger partial charge in [-0.05, 0) is 31.5 Å². The molecular weight excluding hydrogens is 238 g/mol. The normalized spacial score (nSPS) is 12.9. The molecule has 0 saturated carbocycles. The van der Waals surface area contributed by atoms with E-state index in [2.05, 4.69) is 0 Å². The minimum absolute atomic E-state index is 0.723. The summed E-state index contributed by atoms with van der Waals surface area (Å²) in [6.45, 7) is 3.11. The summed E-state index contributed by atoms with van der Waals surface area (Å²) in [5.41, 5.74) is 0.862. The van der Waals surface area contributed by atoms with Gasteiger partial charge in [0.25, 0.3) is 0 Å². The van der Waals surface area contributed by atoms with Crippen molar-refractivity contribution in [3.05, 3.63) is 35.9 Å². The molecule has 0 aromatic heterocycles. The first kappa shape index (κ1) is 13.7. The van der Waals surface area contributed by atoms with Gasteiger partial charge >= 0.3 is 0 Å². The van der Waals surface area contributed by atoms with Crippen LogP contribution < -0.4 is 9.88 Å². The number of hydrogen-bond acceptors (Lipinski definition) is 3. The highest BCUT2D eigenvalue weighted by Crippen LogP contribution is 2.19. The van der Waals surface area contributed by atoms with Crippen molar-refractivity contribution in [1.29, 1.82) is 0 Å². The maximum atomic E-state index is 11.3. The topological polar surface area (TPSA) is 69.4 Å². The van der Waals surface area contributed by atoms with Gasteiger partial charge in [-0.3, -0.25) is 0 Å². The summed E-state index contributed by atoms with van der Waals surface area (Å²) in [7, 11) is -2.03. The molecular formula is C12H17NO3S. The monoisotopic (exact) mass is 255 g/mol. The zero-order valence-corrected chi connectivity index (χ0v) is 11.0. The quantitative estimate of drug-likeness (QED) is 0.891. The molecule has 0 amide bonds. The van der Waals surface area contributed by atoms with E-state index in [4.69, 9.17) is 9.88 Å². The van der Waals surface area contributed by atoms with Crippen molar-refractivity contribution in [2.45, 2.75) is 18.6 Å². The number of sulfonamides is 1. The average Bonchev–Trinajstić information content (AvgIpc) is 2.25. The molecule has 94 valence electrons. The lowest BCUT2D eigenvalue weighted by Gasteiger charge is -2.16. The highest BCUT2D eigenvalue weighted by molar-refractivity contribution is 7.90. The molecule has 1 aromatic carbocycles. The Kier molecular flexibility index (Phi) is 3.95. The Morgan fingerprint density at radius 2 is 2.00 bits per heavy atom. The maximum absolute atomic E-state index is 11.3. The Hall–Kier alpha value is -1.33. The Labute approximate surface area is 102 Å². The van der Waals surface area contributed by atoms with Crippen LogP contribution >= 0.6 is 0 Å². The predicted octanol–water partition coefficient (Wildman–Crippen LogP) is 1.78. The predicted molar refractivity (Wildman–Crippen MR) is 69.2 cm³/mol. The van der Waals surface area contributed by atoms with E-state index in [1.165, 1.54) is 0 Å². The van der Waals surface area contributed by atoms with Crippen LogP contribution in [0.25, 0.3) is 6.08 Å². The molecule has 5 heteroatoms. The molecule has 0 heterocycles. The summed E-state index contributed by atoms with van der Waals surface area (Å²) in [4.78, 5) is 0. The van der Waals surface area contributed by atoms with Crippen LogP contribution in [-0.2, 0) is 10.0 Å². The van der Waals surface area contributed by atoms with E-state index in [-0.39, 0.29) is 0 Å². The molecule has 0 atom stereocenters. The minimum atomic E-state index is -3.61. The number of methoxy groups -OCH3 is 1. The van der Waals surface area contributed by atoms with Crippen molar-refractivity contribution in [3.63, 3.8) is 0 Å². The van der Waals surface area contributed by atoms with Crippen LogP contribution in [0.2, 0.25) is 0 Å². The van der Waals surface area contributed by atoms with Crippen molar-refractivity contribution < 1.29 is 13.2 Å². The number of hydrogen-bond donors (Lipinski definition) is 1. The smallest absolute Gasteiger partial charge is 0.217 e. The third kappa shape index (κ3) is 3.57. The van der Waals surface area contributed by atoms with Crippen molar-refractivity contribution >= 4 is 16.1 Å². The number of ether oxygens (including phenoxy) is 1. The van der Waals surface area contributed by atoms with Crippen LogP contribution in [0, 0.1) is 0 Å². The molecule has 0 aliphatic heterocycles. The summed E-state index contributed by atoms with van der Waals surface area (Å²) in [6.07, 6.45) is 3.28. The fourth-order valence-electron chi connectivity index (χ4n) is 1.14. The van der Waals surface area contributed by atoms with Crippen molar-refractivity contribution in [2.75, 3.05) is 7.11 Å². The standard InChI is InChI=1S/C12H17NO3S/c1-12(2,17(13,14)15)8-7-10-5-4-6-11(9-10)16-3/h4-9H,1-3H3,(H2,13,14,15)/b8-7+. The largest absolute Gasteiger partial charge is 0.497 e. The molecule has 0 spiro atoms. The van der Waals surface area contributed by atoms with Crippen molar-refractivity contribution in [2.24, 2.45) is 5.14 Å². The number of primary sulfonamides is 1. The summed E-state index contributed by atoms with van der Waals surface area (Å²) in [5, 5.41) is 5.13. The van der Waals surface area contributed by atoms with E-state index in [1.807, 2.05) is 24.3 Å². The van der Waals surface area contributed by atoms with Crippen LogP contribution in [0.4, 0.5) is 0 Å². The molecule has 0 aliphatic carbocycles. The van der Waals surface area contributed by atoms with Gasteiger partial charge in [-0.2, -0.15) is 0 Å². The lowest BCUT2D eigenvalue weighted by Crippen LogP contribution is -2.35. The Balaban J connectivity index is 2.98. The average molecular weight is 255 g/mol. The van der Waals surface area contributed by atoms with Gasteiger partial charge in [-0.25, -0.2) is 13.6 Å². The third-order valence-corrected chi connectivity index (χ3v) is 4.11. The molecule has 4 nitrogen and oxygen atoms in total. The first-order valence-corrected chi connectivity index (χ1v) is 6.66. The molecule has 0 aliphatic rings. The minimum Gasteiger partial charge on any atom is -0.497 e. The van der Waals surface area contributed by atoms with Crippen molar-refractivity contribution in [3.8, 4) is 5.75 Å². The Bertz CT molecular complexity index is 518. The van der Waals surface area contributed by atoms with Crippen LogP contribution in [0.3, 0.4) is 0 Å². The summed E-state index contributed by atoms with van der Waals surface area (Å²) in [5.74, 6) is 0.723. The fourth-order valence-corrected chi connectivity index (χ4v) is 1.39. The molecule has 17 heavy (non-hydrogen) atoms. The van der Waals surface area contributed by atoms with Gasteiger partial charge in [-0.15, -0.1) is 0 Å². The SMILES string of the molecule is COc1cccc(/C=C/C(C)(C)S(N)(=O)=O)c1. The van der Waals surface area contributed by atoms with E-state index in [0.717, 1.165) is 11.3 Å². The lowest BCUT2D eigenvalue weighted by atomic mass is 10.1. The van der Waals surface area contributed by atoms with Gasteiger partial charge in [-0.1, -0.05) is 24.3 Å². The van der Waals surface area contributed by atoms with E-state index >= 15 is 0 Å². The lowest BCUT2D eigenvalue weighted by molar-refractivity contribution is 0.414. The molecule has 0 radical (unpaired) electrons. The highest BCUT2D eigenvalue weighted by atomic mass is 32.2. The first-order chi connectivity index (χ1) is 7.76. The van der Waals surface area contributed by atoms with Gasteiger partial charge in [0.15, 0.2) is 0 Å². The summed E-state index contributed by atoms with van der Waals surface area (Å²) in [6, 6.07) is 7.33. The second-order valence-corrected chi connectivity index (χ2v) is 6.40. The molecule has 0 bridgehead atoms. The highest BCUT2D eigenvalue weighted by Gasteiger charge is 2.27. The summed E-state index contributed by atoms with van der Waals surface area (Å²) >= 11 is 0. The molecule has 0 saturated heterocycles. The van der Waals surface area contributed by atoms with Gasteiger partial charge in [0.1, 0.15) is 5.75 Å². The molecule has 0 unspecified atom stereocenters. The van der Waals surface area contributed by atoms with E-state index in [9.17, 15) is 8.42 Å². The van der Waals surface area contributed by atoms with Crippen molar-refractivity contribution in [1.82, 2.24) is 0 Å². The number of benzene rings is 1. The van der Waals surface area contributed by atoms with E-state index in [1.54, 1.807) is 33.1 Å². The van der Waals surface area contributed by atoms with Crippen LogP contribution in [-0.4, -0.2) is 20.3 Å². The second-order valence-electron chi connectivity index (χ2n) is 4.26. The van der Waals surface area contributed by atoms with Gasteiger partial charge in [0, 0.05) is 0 Å². The fraction of sp³-hybridized carbons (Fsp3) is 0.333. The molecule has 2 N–H and O–H groups in total. The Morgan fingerprint density at radius 3 is 2.53 bits per heavy atom. The van der Waals surface area contributed by atoms with Gasteiger partial charge in [0.05, 0.1) is 11.9 Å². The zero-order valence-electron chi connectivity index (χ0n) is 10.2. The van der Waals surface area contributed by atoms with E-state index < -0.39 is 14.8 Å². The number of nitrogens with two attached hydrogens (primary N) is 1. The van der Waals surface area contributed by atoms with Gasteiger partial charge < -0.3 is 4.74 Å². The molecule has 1 aromatic rings. The third-order valence-electron chi connectivity index (χ3n) is 2.50. The molecule has 1 rings (SSSR count). The van der Waals surface area contributed by atoms with Crippen LogP contribution in [0.1, 0.15) is 19.4 Å². The van der Waals surface area contributed by atoms with Crippen LogP contribution in [0.5, 0.6) is 5.75 Å². The molecule has 0 fully saturated rings. The Morgan fingerprint density at radius 1 is 1.35 bits per heavy atom. The van der Waals surface area contributed by atoms with Crippen LogP contribution in [0.15, 0.2) is 30.3 Å². The first-order valence-electron chi connectivity index (χ1n) is 5.12. The summed E-state index contributed by atoms with van der Waals surface area (Å²) < 4.78 is 26.6. The zero-order chi connectivity index (χ0) is 13.1. The van der Waals surface area contributed by atoms with Gasteiger partial charge in [0.2, 0.25) is 10.0 Å². The van der Waals surface area contributed by atoms with E-state index in [0.29, 0.717) is 0 Å². The second kappa shape index (κ2) is 4.89. The number of rotatable bonds is 4.